The quantitative estimate of drug-likeness (QED) is 0.853. The summed E-state index contributed by atoms with van der Waals surface area (Å²) in [5.74, 6) is 0.707. The molecular formula is C23H30N2O2. The molecule has 2 aromatic rings. The molecule has 0 aromatic heterocycles. The van der Waals surface area contributed by atoms with E-state index in [1.807, 2.05) is 12.1 Å². The highest BCUT2D eigenvalue weighted by Crippen LogP contribution is 2.26. The highest BCUT2D eigenvalue weighted by molar-refractivity contribution is 5.74. The molecule has 2 aromatic carbocycles. The fraction of sp³-hybridized carbons (Fsp3) is 0.435. The molecule has 1 fully saturated rings. The van der Waals surface area contributed by atoms with Gasteiger partial charge < -0.3 is 15.4 Å². The maximum Gasteiger partial charge on any atom is 0.217 e. The molecule has 4 rings (SSSR count). The van der Waals surface area contributed by atoms with E-state index in [-0.39, 0.29) is 5.91 Å². The number of ether oxygens (including phenoxy) is 1. The van der Waals surface area contributed by atoms with Gasteiger partial charge in [0, 0.05) is 19.4 Å². The van der Waals surface area contributed by atoms with E-state index in [9.17, 15) is 4.79 Å². The van der Waals surface area contributed by atoms with E-state index in [1.165, 1.54) is 50.0 Å². The lowest BCUT2D eigenvalue weighted by atomic mass is 10.1. The number of benzene rings is 2. The number of hydrogen-bond donors (Lipinski definition) is 1. The predicted octanol–water partition coefficient (Wildman–Crippen LogP) is 3.36. The lowest BCUT2D eigenvalue weighted by Gasteiger charge is -2.13. The first-order valence-electron chi connectivity index (χ1n) is 10.00. The molecule has 4 nitrogen and oxygen atoms in total. The van der Waals surface area contributed by atoms with Gasteiger partial charge in [-0.1, -0.05) is 42.5 Å². The van der Waals surface area contributed by atoms with Crippen LogP contribution < -0.4 is 10.5 Å². The van der Waals surface area contributed by atoms with E-state index in [0.717, 1.165) is 24.3 Å². The van der Waals surface area contributed by atoms with Gasteiger partial charge in [-0.05, 0) is 61.5 Å². The highest BCUT2D eigenvalue weighted by Gasteiger charge is 2.12. The summed E-state index contributed by atoms with van der Waals surface area (Å²) < 4.78 is 5.43. The van der Waals surface area contributed by atoms with Gasteiger partial charge in [-0.25, -0.2) is 0 Å². The van der Waals surface area contributed by atoms with Crippen LogP contribution in [0.2, 0.25) is 0 Å². The van der Waals surface area contributed by atoms with Gasteiger partial charge in [0.2, 0.25) is 5.91 Å². The first-order chi connectivity index (χ1) is 13.2. The second kappa shape index (κ2) is 10.1. The summed E-state index contributed by atoms with van der Waals surface area (Å²) >= 11 is 0. The lowest BCUT2D eigenvalue weighted by molar-refractivity contribution is -0.117. The topological polar surface area (TPSA) is 55.6 Å². The Hall–Kier alpha value is -2.33. The second-order valence-corrected chi connectivity index (χ2v) is 7.29. The highest BCUT2D eigenvalue weighted by atomic mass is 16.5. The number of fused-ring (bicyclic) bond motifs is 1. The molecule has 0 saturated carbocycles. The van der Waals surface area contributed by atoms with Crippen molar-refractivity contribution < 1.29 is 9.53 Å². The summed E-state index contributed by atoms with van der Waals surface area (Å²) in [4.78, 5) is 13.2. The third-order valence-electron chi connectivity index (χ3n) is 5.18. The van der Waals surface area contributed by atoms with Crippen LogP contribution in [0.3, 0.4) is 0 Å². The average Bonchev–Trinajstić information content (AvgIpc) is 3.37. The minimum absolute atomic E-state index is 0.258. The molecule has 144 valence electrons. The lowest BCUT2D eigenvalue weighted by Crippen LogP contribution is -2.21. The third kappa shape index (κ3) is 6.40. The number of nitrogens with zero attached hydrogens (tertiary/aromatic N) is 1. The summed E-state index contributed by atoms with van der Waals surface area (Å²) in [6, 6.07) is 16.9. The normalized spacial score (nSPS) is 15.6. The van der Waals surface area contributed by atoms with Crippen LogP contribution in [0, 0.1) is 0 Å². The molecule has 4 heteroatoms. The minimum Gasteiger partial charge on any atom is -0.493 e. The fourth-order valence-electron chi connectivity index (χ4n) is 3.57. The van der Waals surface area contributed by atoms with Crippen molar-refractivity contribution in [2.75, 3.05) is 26.2 Å². The van der Waals surface area contributed by atoms with Crippen LogP contribution in [0.4, 0.5) is 0 Å². The molecule has 2 N–H and O–H groups in total. The van der Waals surface area contributed by atoms with Crippen molar-refractivity contribution in [3.05, 3.63) is 65.2 Å². The maximum atomic E-state index is 10.6. The standard InChI is InChI=1S/C12H17N.C11H13NO2/c1-2-6-12(7-3-1)8-11-13-9-4-5-10-13;12-11(13)4-2-8-1-3-9-5-6-14-10(9)7-8/h1-3,6-7H,4-5,8-11H2;1,3,7H,2,4-6H2,(H2,12,13). The monoisotopic (exact) mass is 366 g/mol. The number of hydrogen-bond acceptors (Lipinski definition) is 3. The molecule has 0 atom stereocenters. The number of nitrogens with two attached hydrogens (primary N) is 1. The van der Waals surface area contributed by atoms with Crippen molar-refractivity contribution in [1.82, 2.24) is 4.90 Å². The van der Waals surface area contributed by atoms with E-state index in [2.05, 4.69) is 41.3 Å². The SMILES string of the molecule is NC(=O)CCc1ccc2c(c1)OCC2.c1ccc(CCN2CCCC2)cc1. The Bertz CT molecular complexity index is 724. The van der Waals surface area contributed by atoms with Gasteiger partial charge in [-0.2, -0.15) is 0 Å². The smallest absolute Gasteiger partial charge is 0.217 e. The van der Waals surface area contributed by atoms with Crippen LogP contribution in [0.25, 0.3) is 0 Å². The molecule has 0 bridgehead atoms. The summed E-state index contributed by atoms with van der Waals surface area (Å²) in [5.41, 5.74) is 8.92. The molecule has 1 amide bonds. The molecular weight excluding hydrogens is 336 g/mol. The third-order valence-corrected chi connectivity index (χ3v) is 5.18. The maximum absolute atomic E-state index is 10.6. The van der Waals surface area contributed by atoms with Crippen LogP contribution in [0.1, 0.15) is 36.0 Å². The van der Waals surface area contributed by atoms with Gasteiger partial charge >= 0.3 is 0 Å². The number of rotatable bonds is 6. The molecule has 2 aliphatic heterocycles. The minimum atomic E-state index is -0.258. The molecule has 2 heterocycles. The zero-order chi connectivity index (χ0) is 18.9. The van der Waals surface area contributed by atoms with Crippen molar-refractivity contribution in [2.24, 2.45) is 5.73 Å². The van der Waals surface area contributed by atoms with E-state index >= 15 is 0 Å². The van der Waals surface area contributed by atoms with Gasteiger partial charge in [0.05, 0.1) is 6.61 Å². The van der Waals surface area contributed by atoms with Gasteiger partial charge in [-0.15, -0.1) is 0 Å². The van der Waals surface area contributed by atoms with Gasteiger partial charge in [0.1, 0.15) is 5.75 Å². The number of carbonyl (C=O) groups is 1. The molecule has 0 aliphatic carbocycles. The van der Waals surface area contributed by atoms with Crippen molar-refractivity contribution in [3.8, 4) is 5.75 Å². The fourth-order valence-corrected chi connectivity index (χ4v) is 3.57. The van der Waals surface area contributed by atoms with Gasteiger partial charge in [-0.3, -0.25) is 4.79 Å². The molecule has 0 unspecified atom stereocenters. The second-order valence-electron chi connectivity index (χ2n) is 7.29. The first kappa shape index (κ1) is 19.4. The summed E-state index contributed by atoms with van der Waals surface area (Å²) in [6.45, 7) is 4.64. The van der Waals surface area contributed by atoms with E-state index < -0.39 is 0 Å². The largest absolute Gasteiger partial charge is 0.493 e. The molecule has 2 aliphatic rings. The first-order valence-corrected chi connectivity index (χ1v) is 10.00. The Morgan fingerprint density at radius 2 is 1.78 bits per heavy atom. The molecule has 0 spiro atoms. The van der Waals surface area contributed by atoms with E-state index in [1.54, 1.807) is 0 Å². The Morgan fingerprint density at radius 1 is 1.00 bits per heavy atom. The van der Waals surface area contributed by atoms with Crippen LogP contribution in [-0.2, 0) is 24.1 Å². The molecule has 1 saturated heterocycles. The number of aryl methyl sites for hydroxylation is 1. The van der Waals surface area contributed by atoms with Gasteiger partial charge in [0.25, 0.3) is 0 Å². The van der Waals surface area contributed by atoms with Crippen molar-refractivity contribution in [2.45, 2.75) is 38.5 Å². The number of carbonyl (C=O) groups excluding carboxylic acids is 1. The van der Waals surface area contributed by atoms with E-state index in [4.69, 9.17) is 10.5 Å². The number of primary amides is 1. The predicted molar refractivity (Wildman–Crippen MR) is 109 cm³/mol. The summed E-state index contributed by atoms with van der Waals surface area (Å²) in [7, 11) is 0. The molecule has 27 heavy (non-hydrogen) atoms. The van der Waals surface area contributed by atoms with E-state index in [0.29, 0.717) is 12.8 Å². The van der Waals surface area contributed by atoms with Crippen LogP contribution in [0.15, 0.2) is 48.5 Å². The molecule has 0 radical (unpaired) electrons. The van der Waals surface area contributed by atoms with Crippen LogP contribution in [-0.4, -0.2) is 37.0 Å². The number of likely N-dealkylation sites (tertiary alicyclic amines) is 1. The Kier molecular flexibility index (Phi) is 7.28. The Balaban J connectivity index is 0.000000156. The summed E-state index contributed by atoms with van der Waals surface area (Å²) in [6.07, 6.45) is 6.10. The van der Waals surface area contributed by atoms with Crippen molar-refractivity contribution in [1.29, 1.82) is 0 Å². The summed E-state index contributed by atoms with van der Waals surface area (Å²) in [5, 5.41) is 0. The van der Waals surface area contributed by atoms with Crippen molar-refractivity contribution in [3.63, 3.8) is 0 Å². The van der Waals surface area contributed by atoms with Crippen LogP contribution >= 0.6 is 0 Å². The Morgan fingerprint density at radius 3 is 2.52 bits per heavy atom. The van der Waals surface area contributed by atoms with Crippen LogP contribution in [0.5, 0.6) is 5.75 Å². The average molecular weight is 367 g/mol. The zero-order valence-corrected chi connectivity index (χ0v) is 16.0. The van der Waals surface area contributed by atoms with Gasteiger partial charge in [0.15, 0.2) is 0 Å². The zero-order valence-electron chi connectivity index (χ0n) is 16.0. The van der Waals surface area contributed by atoms with Crippen molar-refractivity contribution >= 4 is 5.91 Å². The number of amides is 1. The Labute approximate surface area is 162 Å².